The van der Waals surface area contributed by atoms with Crippen LogP contribution in [0.5, 0.6) is 0 Å². The number of aryl methyl sites for hydroxylation is 1. The predicted molar refractivity (Wildman–Crippen MR) is 99.5 cm³/mol. The first-order valence-corrected chi connectivity index (χ1v) is 10.6. The van der Waals surface area contributed by atoms with Gasteiger partial charge in [0.25, 0.3) is 0 Å². The predicted octanol–water partition coefficient (Wildman–Crippen LogP) is 2.02. The molecule has 1 fully saturated rings. The second kappa shape index (κ2) is 7.77. The van der Waals surface area contributed by atoms with Gasteiger partial charge in [-0.25, -0.2) is 13.4 Å². The Labute approximate surface area is 156 Å². The number of carbonyl (C=O) groups is 1. The Morgan fingerprint density at radius 2 is 1.92 bits per heavy atom. The van der Waals surface area contributed by atoms with E-state index >= 15 is 0 Å². The number of H-pyrrole nitrogens is 1. The molecule has 0 saturated carbocycles. The first-order chi connectivity index (χ1) is 12.4. The van der Waals surface area contributed by atoms with Gasteiger partial charge in [-0.05, 0) is 51.0 Å². The summed E-state index contributed by atoms with van der Waals surface area (Å²) >= 11 is 1.25. The van der Waals surface area contributed by atoms with Gasteiger partial charge in [0.15, 0.2) is 0 Å². The third-order valence-electron chi connectivity index (χ3n) is 4.05. The van der Waals surface area contributed by atoms with Crippen molar-refractivity contribution in [3.8, 4) is 0 Å². The summed E-state index contributed by atoms with van der Waals surface area (Å²) in [6.07, 6.45) is 1.79. The fourth-order valence-corrected chi connectivity index (χ4v) is 4.91. The highest BCUT2D eigenvalue weighted by molar-refractivity contribution is 8.00. The van der Waals surface area contributed by atoms with E-state index in [1.165, 1.54) is 28.2 Å². The summed E-state index contributed by atoms with van der Waals surface area (Å²) in [5, 5.41) is 9.63. The van der Waals surface area contributed by atoms with Gasteiger partial charge in [0.1, 0.15) is 5.82 Å². The van der Waals surface area contributed by atoms with Gasteiger partial charge < -0.3 is 5.32 Å². The van der Waals surface area contributed by atoms with Crippen molar-refractivity contribution in [3.63, 3.8) is 0 Å². The van der Waals surface area contributed by atoms with E-state index in [1.807, 2.05) is 0 Å². The van der Waals surface area contributed by atoms with Gasteiger partial charge in [0.05, 0.1) is 10.1 Å². The van der Waals surface area contributed by atoms with Crippen LogP contribution in [0.25, 0.3) is 0 Å². The maximum absolute atomic E-state index is 12.5. The number of thioether (sulfide) groups is 1. The lowest BCUT2D eigenvalue weighted by molar-refractivity contribution is -0.115. The normalized spacial score (nSPS) is 16.5. The number of carbonyl (C=O) groups excluding carboxylic acids is 1. The average molecular weight is 396 g/mol. The van der Waals surface area contributed by atoms with Gasteiger partial charge in [0.2, 0.25) is 21.1 Å². The lowest BCUT2D eigenvalue weighted by Gasteiger charge is -2.16. The van der Waals surface area contributed by atoms with Gasteiger partial charge in [-0.1, -0.05) is 11.8 Å². The van der Waals surface area contributed by atoms with Crippen molar-refractivity contribution in [1.29, 1.82) is 0 Å². The molecule has 0 bridgehead atoms. The highest BCUT2D eigenvalue weighted by Crippen LogP contribution is 2.23. The van der Waals surface area contributed by atoms with Crippen LogP contribution in [0.3, 0.4) is 0 Å². The zero-order valence-electron chi connectivity index (χ0n) is 14.6. The average Bonchev–Trinajstić information content (AvgIpc) is 3.27. The summed E-state index contributed by atoms with van der Waals surface area (Å²) in [7, 11) is -3.44. The van der Waals surface area contributed by atoms with Crippen molar-refractivity contribution in [1.82, 2.24) is 19.5 Å². The molecule has 26 heavy (non-hydrogen) atoms. The third-order valence-corrected chi connectivity index (χ3v) is 6.93. The van der Waals surface area contributed by atoms with Crippen LogP contribution in [0.15, 0.2) is 34.3 Å². The van der Waals surface area contributed by atoms with E-state index in [0.29, 0.717) is 29.8 Å². The molecule has 2 aromatic rings. The fraction of sp³-hybridized carbons (Fsp3) is 0.438. The topological polar surface area (TPSA) is 108 Å². The number of anilines is 1. The smallest absolute Gasteiger partial charge is 0.243 e. The molecule has 2 heterocycles. The molecular formula is C16H21N5O3S2. The molecule has 0 aliphatic carbocycles. The second-order valence-electron chi connectivity index (χ2n) is 6.09. The summed E-state index contributed by atoms with van der Waals surface area (Å²) in [6.45, 7) is 4.68. The number of sulfonamides is 1. The van der Waals surface area contributed by atoms with Crippen LogP contribution in [0.2, 0.25) is 0 Å². The second-order valence-corrected chi connectivity index (χ2v) is 9.33. The molecule has 1 aromatic heterocycles. The van der Waals surface area contributed by atoms with Crippen molar-refractivity contribution in [2.75, 3.05) is 18.4 Å². The molecule has 10 heteroatoms. The monoisotopic (exact) mass is 395 g/mol. The standard InChI is InChI=1S/C16H21N5O3S2/c1-11(25-16-17-12(2)19-20-16)15(22)18-13-5-7-14(8-6-13)26(23,24)21-9-3-4-10-21/h5-8,11H,3-4,9-10H2,1-2H3,(H,18,22)(H,17,19,20)/t11-/m0/s1. The van der Waals surface area contributed by atoms with E-state index in [-0.39, 0.29) is 10.8 Å². The Kier molecular flexibility index (Phi) is 5.64. The number of rotatable bonds is 6. The lowest BCUT2D eigenvalue weighted by Crippen LogP contribution is -2.27. The number of hydrogen-bond donors (Lipinski definition) is 2. The third kappa shape index (κ3) is 4.25. The van der Waals surface area contributed by atoms with E-state index in [9.17, 15) is 13.2 Å². The maximum atomic E-state index is 12.5. The molecule has 1 aliphatic rings. The Morgan fingerprint density at radius 1 is 1.27 bits per heavy atom. The van der Waals surface area contributed by atoms with Crippen molar-refractivity contribution in [3.05, 3.63) is 30.1 Å². The molecular weight excluding hydrogens is 374 g/mol. The molecule has 0 radical (unpaired) electrons. The van der Waals surface area contributed by atoms with Crippen LogP contribution in [0, 0.1) is 6.92 Å². The Balaban J connectivity index is 1.62. The quantitative estimate of drug-likeness (QED) is 0.725. The number of nitrogens with zero attached hydrogens (tertiary/aromatic N) is 3. The minimum atomic E-state index is -3.44. The van der Waals surface area contributed by atoms with Crippen molar-refractivity contribution in [2.45, 2.75) is 42.0 Å². The van der Waals surface area contributed by atoms with Crippen molar-refractivity contribution in [2.24, 2.45) is 0 Å². The molecule has 1 saturated heterocycles. The molecule has 2 N–H and O–H groups in total. The summed E-state index contributed by atoms with van der Waals surface area (Å²) in [5.41, 5.74) is 0.550. The lowest BCUT2D eigenvalue weighted by atomic mass is 10.3. The first-order valence-electron chi connectivity index (χ1n) is 8.33. The minimum absolute atomic E-state index is 0.201. The number of aromatic amines is 1. The van der Waals surface area contributed by atoms with E-state index in [4.69, 9.17) is 0 Å². The number of benzene rings is 1. The molecule has 0 unspecified atom stereocenters. The van der Waals surface area contributed by atoms with Crippen LogP contribution >= 0.6 is 11.8 Å². The molecule has 1 aliphatic heterocycles. The fourth-order valence-electron chi connectivity index (χ4n) is 2.62. The van der Waals surface area contributed by atoms with Crippen LogP contribution in [0.1, 0.15) is 25.6 Å². The zero-order valence-corrected chi connectivity index (χ0v) is 16.2. The number of aromatic nitrogens is 3. The summed E-state index contributed by atoms with van der Waals surface area (Å²) < 4.78 is 26.5. The molecule has 8 nitrogen and oxygen atoms in total. The molecule has 1 amide bonds. The number of nitrogens with one attached hydrogen (secondary N) is 2. The van der Waals surface area contributed by atoms with Crippen molar-refractivity contribution < 1.29 is 13.2 Å². The van der Waals surface area contributed by atoms with Crippen LogP contribution in [-0.4, -0.2) is 52.2 Å². The van der Waals surface area contributed by atoms with Gasteiger partial charge in [0, 0.05) is 18.8 Å². The Hall–Kier alpha value is -1.91. The van der Waals surface area contributed by atoms with Gasteiger partial charge in [-0.3, -0.25) is 9.89 Å². The van der Waals surface area contributed by atoms with Gasteiger partial charge in [-0.15, -0.1) is 5.10 Å². The largest absolute Gasteiger partial charge is 0.325 e. The highest BCUT2D eigenvalue weighted by atomic mass is 32.2. The Bertz CT molecular complexity index is 874. The van der Waals surface area contributed by atoms with E-state index in [0.717, 1.165) is 12.8 Å². The molecule has 0 spiro atoms. The number of hydrogen-bond acceptors (Lipinski definition) is 6. The maximum Gasteiger partial charge on any atom is 0.243 e. The first kappa shape index (κ1) is 18.9. The van der Waals surface area contributed by atoms with E-state index in [2.05, 4.69) is 20.5 Å². The minimum Gasteiger partial charge on any atom is -0.325 e. The highest BCUT2D eigenvalue weighted by Gasteiger charge is 2.27. The summed E-state index contributed by atoms with van der Waals surface area (Å²) in [4.78, 5) is 16.7. The molecule has 140 valence electrons. The van der Waals surface area contributed by atoms with Crippen LogP contribution in [0.4, 0.5) is 5.69 Å². The van der Waals surface area contributed by atoms with Crippen LogP contribution in [-0.2, 0) is 14.8 Å². The van der Waals surface area contributed by atoms with Gasteiger partial charge >= 0.3 is 0 Å². The number of amides is 1. The van der Waals surface area contributed by atoms with Crippen molar-refractivity contribution >= 4 is 33.4 Å². The van der Waals surface area contributed by atoms with Gasteiger partial charge in [-0.2, -0.15) is 4.31 Å². The molecule has 1 atom stereocenters. The summed E-state index contributed by atoms with van der Waals surface area (Å²) in [6, 6.07) is 6.27. The summed E-state index contributed by atoms with van der Waals surface area (Å²) in [5.74, 6) is 0.488. The Morgan fingerprint density at radius 3 is 2.50 bits per heavy atom. The van der Waals surface area contributed by atoms with E-state index < -0.39 is 15.3 Å². The molecule has 1 aromatic carbocycles. The molecule has 3 rings (SSSR count). The SMILES string of the molecule is Cc1nc(S[C@@H](C)C(=O)Nc2ccc(S(=O)(=O)N3CCCC3)cc2)n[nH]1. The van der Waals surface area contributed by atoms with Crippen LogP contribution < -0.4 is 5.32 Å². The van der Waals surface area contributed by atoms with E-state index in [1.54, 1.807) is 26.0 Å². The zero-order chi connectivity index (χ0) is 18.7.